The molecule has 0 aliphatic carbocycles. The zero-order valence-corrected chi connectivity index (χ0v) is 12.0. The van der Waals surface area contributed by atoms with Gasteiger partial charge in [-0.3, -0.25) is 0 Å². The minimum Gasteiger partial charge on any atom is -0.497 e. The van der Waals surface area contributed by atoms with Crippen LogP contribution in [0.2, 0.25) is 0 Å². The van der Waals surface area contributed by atoms with Crippen LogP contribution in [0.3, 0.4) is 0 Å². The minimum atomic E-state index is -3.46. The lowest BCUT2D eigenvalue weighted by Crippen LogP contribution is -2.51. The number of nitrogens with one attached hydrogen (secondary N) is 2. The predicted molar refractivity (Wildman–Crippen MR) is 73.8 cm³/mol. The Kier molecular flexibility index (Phi) is 4.44. The van der Waals surface area contributed by atoms with Crippen LogP contribution in [0.15, 0.2) is 29.2 Å². The van der Waals surface area contributed by atoms with Gasteiger partial charge in [0.25, 0.3) is 0 Å². The summed E-state index contributed by atoms with van der Waals surface area (Å²) in [6.07, 6.45) is 1.85. The second-order valence-corrected chi connectivity index (χ2v) is 6.50. The van der Waals surface area contributed by atoms with E-state index in [1.807, 2.05) is 6.92 Å². The molecule has 1 heterocycles. The van der Waals surface area contributed by atoms with Crippen molar-refractivity contribution in [3.8, 4) is 5.75 Å². The number of ether oxygens (including phenoxy) is 1. The fraction of sp³-hybridized carbons (Fsp3) is 0.538. The van der Waals surface area contributed by atoms with Crippen LogP contribution in [0.25, 0.3) is 0 Å². The van der Waals surface area contributed by atoms with Crippen LogP contribution in [0.5, 0.6) is 5.75 Å². The summed E-state index contributed by atoms with van der Waals surface area (Å²) in [6, 6.07) is 6.51. The van der Waals surface area contributed by atoms with Gasteiger partial charge in [0, 0.05) is 12.1 Å². The third-order valence-corrected chi connectivity index (χ3v) is 4.94. The third-order valence-electron chi connectivity index (χ3n) is 3.44. The van der Waals surface area contributed by atoms with Crippen LogP contribution in [0.4, 0.5) is 0 Å². The molecule has 0 spiro atoms. The lowest BCUT2D eigenvalue weighted by Gasteiger charge is -2.30. The maximum absolute atomic E-state index is 12.3. The largest absolute Gasteiger partial charge is 0.497 e. The molecule has 1 saturated heterocycles. The monoisotopic (exact) mass is 284 g/mol. The van der Waals surface area contributed by atoms with Gasteiger partial charge < -0.3 is 10.1 Å². The Labute approximate surface area is 114 Å². The van der Waals surface area contributed by atoms with Crippen molar-refractivity contribution in [2.45, 2.75) is 36.7 Å². The molecule has 0 amide bonds. The summed E-state index contributed by atoms with van der Waals surface area (Å²) >= 11 is 0. The summed E-state index contributed by atoms with van der Waals surface area (Å²) in [5.74, 6) is 0.645. The number of hydrogen-bond acceptors (Lipinski definition) is 4. The fourth-order valence-corrected chi connectivity index (χ4v) is 3.58. The summed E-state index contributed by atoms with van der Waals surface area (Å²) in [6.45, 7) is 2.95. The lowest BCUT2D eigenvalue weighted by atomic mass is 10.0. The molecule has 2 atom stereocenters. The molecule has 0 aromatic heterocycles. The van der Waals surface area contributed by atoms with E-state index in [0.29, 0.717) is 5.75 Å². The Bertz CT molecular complexity index is 513. The molecular formula is C13H20N2O3S. The highest BCUT2D eigenvalue weighted by Crippen LogP contribution is 2.17. The summed E-state index contributed by atoms with van der Waals surface area (Å²) < 4.78 is 32.3. The number of benzene rings is 1. The normalized spacial score (nSPS) is 24.1. The molecule has 19 heavy (non-hydrogen) atoms. The highest BCUT2D eigenvalue weighted by Gasteiger charge is 2.26. The molecule has 1 aromatic carbocycles. The van der Waals surface area contributed by atoms with E-state index in [2.05, 4.69) is 10.0 Å². The van der Waals surface area contributed by atoms with Gasteiger partial charge >= 0.3 is 0 Å². The second-order valence-electron chi connectivity index (χ2n) is 4.79. The molecule has 0 saturated carbocycles. The lowest BCUT2D eigenvalue weighted by molar-refractivity contribution is 0.349. The van der Waals surface area contributed by atoms with Crippen LogP contribution in [0, 0.1) is 0 Å². The Balaban J connectivity index is 2.12. The highest BCUT2D eigenvalue weighted by molar-refractivity contribution is 7.89. The van der Waals surface area contributed by atoms with Crippen molar-refractivity contribution in [1.29, 1.82) is 0 Å². The van der Waals surface area contributed by atoms with E-state index >= 15 is 0 Å². The number of piperidine rings is 1. The van der Waals surface area contributed by atoms with Gasteiger partial charge in [0.2, 0.25) is 10.0 Å². The first-order chi connectivity index (χ1) is 9.03. The molecule has 1 aromatic rings. The average Bonchev–Trinajstić information content (AvgIpc) is 2.41. The van der Waals surface area contributed by atoms with Gasteiger partial charge in [-0.1, -0.05) is 0 Å². The standard InChI is InChI=1S/C13H20N2O3S/c1-10-13(4-3-9-14-10)15-19(16,17)12-7-5-11(18-2)6-8-12/h5-8,10,13-15H,3-4,9H2,1-2H3/t10-,13-/m0/s1. The Morgan fingerprint density at radius 1 is 1.32 bits per heavy atom. The van der Waals surface area contributed by atoms with Crippen molar-refractivity contribution in [3.05, 3.63) is 24.3 Å². The molecule has 1 fully saturated rings. The molecule has 5 nitrogen and oxygen atoms in total. The van der Waals surface area contributed by atoms with Gasteiger partial charge in [-0.05, 0) is 50.6 Å². The van der Waals surface area contributed by atoms with Gasteiger partial charge in [0.05, 0.1) is 12.0 Å². The highest BCUT2D eigenvalue weighted by atomic mass is 32.2. The summed E-state index contributed by atoms with van der Waals surface area (Å²) in [4.78, 5) is 0.270. The van der Waals surface area contributed by atoms with E-state index < -0.39 is 10.0 Å². The van der Waals surface area contributed by atoms with Crippen molar-refractivity contribution >= 4 is 10.0 Å². The SMILES string of the molecule is COc1ccc(S(=O)(=O)N[C@H]2CCCN[C@H]2C)cc1. The average molecular weight is 284 g/mol. The van der Waals surface area contributed by atoms with Crippen LogP contribution in [-0.2, 0) is 10.0 Å². The molecule has 0 radical (unpaired) electrons. The van der Waals surface area contributed by atoms with Gasteiger partial charge in [0.1, 0.15) is 5.75 Å². The van der Waals surface area contributed by atoms with E-state index in [4.69, 9.17) is 4.74 Å². The molecule has 106 valence electrons. The zero-order valence-electron chi connectivity index (χ0n) is 11.2. The Morgan fingerprint density at radius 3 is 2.58 bits per heavy atom. The van der Waals surface area contributed by atoms with Crippen molar-refractivity contribution in [3.63, 3.8) is 0 Å². The molecule has 1 aliphatic heterocycles. The summed E-state index contributed by atoms with van der Waals surface area (Å²) in [5.41, 5.74) is 0. The van der Waals surface area contributed by atoms with Gasteiger partial charge in [-0.15, -0.1) is 0 Å². The molecule has 2 rings (SSSR count). The number of methoxy groups -OCH3 is 1. The van der Waals surface area contributed by atoms with Gasteiger partial charge in [-0.2, -0.15) is 0 Å². The van der Waals surface area contributed by atoms with Crippen LogP contribution < -0.4 is 14.8 Å². The van der Waals surface area contributed by atoms with E-state index in [0.717, 1.165) is 19.4 Å². The molecule has 0 bridgehead atoms. The first-order valence-electron chi connectivity index (χ1n) is 6.43. The van der Waals surface area contributed by atoms with E-state index in [1.165, 1.54) is 0 Å². The summed E-state index contributed by atoms with van der Waals surface area (Å²) in [7, 11) is -1.91. The Hall–Kier alpha value is -1.11. The first-order valence-corrected chi connectivity index (χ1v) is 7.91. The van der Waals surface area contributed by atoms with E-state index in [1.54, 1.807) is 31.4 Å². The number of hydrogen-bond donors (Lipinski definition) is 2. The van der Waals surface area contributed by atoms with Crippen LogP contribution in [0.1, 0.15) is 19.8 Å². The van der Waals surface area contributed by atoms with Crippen molar-refractivity contribution in [2.75, 3.05) is 13.7 Å². The van der Waals surface area contributed by atoms with Crippen LogP contribution >= 0.6 is 0 Å². The summed E-state index contributed by atoms with van der Waals surface area (Å²) in [5, 5.41) is 3.28. The molecule has 1 aliphatic rings. The zero-order chi connectivity index (χ0) is 13.9. The number of sulfonamides is 1. The van der Waals surface area contributed by atoms with Crippen molar-refractivity contribution in [1.82, 2.24) is 10.0 Å². The Morgan fingerprint density at radius 2 is 2.00 bits per heavy atom. The van der Waals surface area contributed by atoms with E-state index in [9.17, 15) is 8.42 Å². The quantitative estimate of drug-likeness (QED) is 0.869. The predicted octanol–water partition coefficient (Wildman–Crippen LogP) is 1.11. The van der Waals surface area contributed by atoms with Crippen molar-refractivity contribution < 1.29 is 13.2 Å². The van der Waals surface area contributed by atoms with Gasteiger partial charge in [0.15, 0.2) is 0 Å². The molecule has 6 heteroatoms. The van der Waals surface area contributed by atoms with Gasteiger partial charge in [-0.25, -0.2) is 13.1 Å². The maximum atomic E-state index is 12.3. The molecule has 0 unspecified atom stereocenters. The van der Waals surface area contributed by atoms with Crippen LogP contribution in [-0.4, -0.2) is 34.2 Å². The second kappa shape index (κ2) is 5.90. The molecule has 2 N–H and O–H groups in total. The third kappa shape index (κ3) is 3.46. The fourth-order valence-electron chi connectivity index (χ4n) is 2.23. The number of rotatable bonds is 4. The van der Waals surface area contributed by atoms with E-state index in [-0.39, 0.29) is 17.0 Å². The van der Waals surface area contributed by atoms with Crippen molar-refractivity contribution in [2.24, 2.45) is 0 Å². The smallest absolute Gasteiger partial charge is 0.240 e. The minimum absolute atomic E-state index is 0.0548. The maximum Gasteiger partial charge on any atom is 0.240 e. The first kappa shape index (κ1) is 14.3. The molecular weight excluding hydrogens is 264 g/mol. The topological polar surface area (TPSA) is 67.4 Å².